The van der Waals surface area contributed by atoms with Crippen molar-refractivity contribution in [1.82, 2.24) is 14.1 Å². The summed E-state index contributed by atoms with van der Waals surface area (Å²) in [5, 5.41) is 0.554. The molecule has 1 unspecified atom stereocenters. The lowest BCUT2D eigenvalue weighted by atomic mass is 9.98. The van der Waals surface area contributed by atoms with Gasteiger partial charge in [0, 0.05) is 33.4 Å². The van der Waals surface area contributed by atoms with Crippen LogP contribution in [-0.4, -0.2) is 27.2 Å². The minimum absolute atomic E-state index is 0.262. The van der Waals surface area contributed by atoms with Crippen molar-refractivity contribution < 1.29 is 0 Å². The van der Waals surface area contributed by atoms with Gasteiger partial charge in [-0.25, -0.2) is 9.78 Å². The normalized spacial score (nSPS) is 18.9. The molecule has 3 heterocycles. The highest BCUT2D eigenvalue weighted by Crippen LogP contribution is 2.30. The molecule has 0 saturated carbocycles. The fraction of sp³-hybridized carbons (Fsp3) is 0.562. The van der Waals surface area contributed by atoms with E-state index in [2.05, 4.69) is 16.8 Å². The molecule has 1 fully saturated rings. The van der Waals surface area contributed by atoms with E-state index in [1.54, 1.807) is 13.2 Å². The number of nitrogens with zero attached hydrogens (tertiary/aromatic N) is 4. The lowest BCUT2D eigenvalue weighted by Crippen LogP contribution is -2.40. The highest BCUT2D eigenvalue weighted by Gasteiger charge is 2.23. The first kappa shape index (κ1) is 14.8. The molecular formula is C16H22N4O2. The Morgan fingerprint density at radius 1 is 1.23 bits per heavy atom. The van der Waals surface area contributed by atoms with E-state index in [9.17, 15) is 9.59 Å². The molecule has 0 spiro atoms. The van der Waals surface area contributed by atoms with Crippen molar-refractivity contribution in [3.05, 3.63) is 32.6 Å². The van der Waals surface area contributed by atoms with Crippen molar-refractivity contribution in [3.8, 4) is 0 Å². The quantitative estimate of drug-likeness (QED) is 0.793. The first-order chi connectivity index (χ1) is 10.4. The number of hydrogen-bond acceptors (Lipinski definition) is 4. The Kier molecular flexibility index (Phi) is 3.54. The second-order valence-electron chi connectivity index (χ2n) is 6.39. The Morgan fingerprint density at radius 3 is 2.64 bits per heavy atom. The summed E-state index contributed by atoms with van der Waals surface area (Å²) in [6, 6.07) is 0. The Morgan fingerprint density at radius 2 is 1.95 bits per heavy atom. The van der Waals surface area contributed by atoms with Gasteiger partial charge in [-0.15, -0.1) is 0 Å². The smallest absolute Gasteiger partial charge is 0.332 e. The van der Waals surface area contributed by atoms with Gasteiger partial charge < -0.3 is 4.90 Å². The maximum atomic E-state index is 12.7. The summed E-state index contributed by atoms with van der Waals surface area (Å²) in [6.45, 7) is 6.09. The number of pyridine rings is 1. The highest BCUT2D eigenvalue weighted by molar-refractivity contribution is 5.90. The third-order valence-electron chi connectivity index (χ3n) is 4.60. The predicted molar refractivity (Wildman–Crippen MR) is 87.6 cm³/mol. The number of aryl methyl sites for hydroxylation is 2. The predicted octanol–water partition coefficient (Wildman–Crippen LogP) is 1.18. The van der Waals surface area contributed by atoms with E-state index in [1.165, 1.54) is 22.6 Å². The van der Waals surface area contributed by atoms with E-state index in [0.29, 0.717) is 17.0 Å². The zero-order chi connectivity index (χ0) is 16.0. The van der Waals surface area contributed by atoms with Crippen LogP contribution in [0.25, 0.3) is 11.0 Å². The largest absolute Gasteiger partial charge is 0.370 e. The SMILES string of the molecule is Cc1cnc2c(c1N1CCCC(C)C1)c(=O)n(C)c(=O)n2C. The van der Waals surface area contributed by atoms with Gasteiger partial charge in [-0.3, -0.25) is 13.9 Å². The van der Waals surface area contributed by atoms with Gasteiger partial charge in [0.1, 0.15) is 5.39 Å². The first-order valence-corrected chi connectivity index (χ1v) is 7.72. The molecule has 118 valence electrons. The minimum Gasteiger partial charge on any atom is -0.370 e. The second-order valence-corrected chi connectivity index (χ2v) is 6.39. The molecule has 0 radical (unpaired) electrons. The monoisotopic (exact) mass is 302 g/mol. The lowest BCUT2D eigenvalue weighted by molar-refractivity contribution is 0.447. The Bertz CT molecular complexity index is 850. The maximum absolute atomic E-state index is 12.7. The van der Waals surface area contributed by atoms with Crippen LogP contribution >= 0.6 is 0 Å². The summed E-state index contributed by atoms with van der Waals surface area (Å²) in [4.78, 5) is 31.4. The van der Waals surface area contributed by atoms with Crippen LogP contribution in [-0.2, 0) is 14.1 Å². The van der Waals surface area contributed by atoms with E-state index in [4.69, 9.17) is 0 Å². The molecule has 2 aromatic heterocycles. The molecule has 0 N–H and O–H groups in total. The summed E-state index contributed by atoms with van der Waals surface area (Å²) in [6.07, 6.45) is 4.10. The summed E-state index contributed by atoms with van der Waals surface area (Å²) in [5.74, 6) is 0.604. The number of piperidine rings is 1. The van der Waals surface area contributed by atoms with Gasteiger partial charge >= 0.3 is 5.69 Å². The minimum atomic E-state index is -0.341. The second kappa shape index (κ2) is 5.26. The van der Waals surface area contributed by atoms with Crippen LogP contribution in [0.1, 0.15) is 25.3 Å². The third kappa shape index (κ3) is 2.14. The van der Waals surface area contributed by atoms with Crippen LogP contribution in [0.2, 0.25) is 0 Å². The van der Waals surface area contributed by atoms with Gasteiger partial charge in [0.25, 0.3) is 5.56 Å². The summed E-state index contributed by atoms with van der Waals surface area (Å²) in [7, 11) is 3.18. The average Bonchev–Trinajstić information content (AvgIpc) is 2.50. The van der Waals surface area contributed by atoms with Gasteiger partial charge in [0.05, 0.1) is 5.69 Å². The summed E-state index contributed by atoms with van der Waals surface area (Å²) >= 11 is 0. The van der Waals surface area contributed by atoms with Crippen molar-refractivity contribution in [3.63, 3.8) is 0 Å². The molecule has 1 saturated heterocycles. The zero-order valence-corrected chi connectivity index (χ0v) is 13.6. The summed E-state index contributed by atoms with van der Waals surface area (Å²) in [5.41, 5.74) is 1.78. The van der Waals surface area contributed by atoms with Crippen LogP contribution in [0, 0.1) is 12.8 Å². The highest BCUT2D eigenvalue weighted by atomic mass is 16.2. The maximum Gasteiger partial charge on any atom is 0.332 e. The van der Waals surface area contributed by atoms with Crippen LogP contribution in [0.15, 0.2) is 15.8 Å². The number of anilines is 1. The molecule has 6 nitrogen and oxygen atoms in total. The molecule has 1 atom stereocenters. The molecular weight excluding hydrogens is 280 g/mol. The van der Waals surface area contributed by atoms with E-state index in [1.807, 2.05) is 6.92 Å². The van der Waals surface area contributed by atoms with Crippen LogP contribution in [0.4, 0.5) is 5.69 Å². The third-order valence-corrected chi connectivity index (χ3v) is 4.60. The van der Waals surface area contributed by atoms with Crippen molar-refractivity contribution >= 4 is 16.7 Å². The van der Waals surface area contributed by atoms with Gasteiger partial charge in [-0.05, 0) is 31.2 Å². The van der Waals surface area contributed by atoms with Crippen molar-refractivity contribution in [2.24, 2.45) is 20.0 Å². The number of aromatic nitrogens is 3. The molecule has 2 aromatic rings. The molecule has 22 heavy (non-hydrogen) atoms. The van der Waals surface area contributed by atoms with Crippen LogP contribution in [0.3, 0.4) is 0 Å². The zero-order valence-electron chi connectivity index (χ0n) is 13.6. The first-order valence-electron chi connectivity index (χ1n) is 7.72. The fourth-order valence-electron chi connectivity index (χ4n) is 3.41. The number of rotatable bonds is 1. The van der Waals surface area contributed by atoms with Gasteiger partial charge in [-0.2, -0.15) is 0 Å². The van der Waals surface area contributed by atoms with Crippen molar-refractivity contribution in [2.75, 3.05) is 18.0 Å². The molecule has 1 aliphatic heterocycles. The van der Waals surface area contributed by atoms with E-state index in [0.717, 1.165) is 30.8 Å². The van der Waals surface area contributed by atoms with Crippen LogP contribution in [0.5, 0.6) is 0 Å². The van der Waals surface area contributed by atoms with Gasteiger partial charge in [0.15, 0.2) is 5.65 Å². The van der Waals surface area contributed by atoms with Crippen molar-refractivity contribution in [2.45, 2.75) is 26.7 Å². The molecule has 0 amide bonds. The number of fused-ring (bicyclic) bond motifs is 1. The van der Waals surface area contributed by atoms with Gasteiger partial charge in [-0.1, -0.05) is 6.92 Å². The molecule has 0 aliphatic carbocycles. The lowest BCUT2D eigenvalue weighted by Gasteiger charge is -2.34. The molecule has 6 heteroatoms. The Labute approximate surface area is 129 Å². The number of hydrogen-bond donors (Lipinski definition) is 0. The molecule has 3 rings (SSSR count). The Hall–Kier alpha value is -2.11. The molecule has 0 bridgehead atoms. The fourth-order valence-corrected chi connectivity index (χ4v) is 3.41. The van der Waals surface area contributed by atoms with Crippen LogP contribution < -0.4 is 16.1 Å². The molecule has 0 aromatic carbocycles. The van der Waals surface area contributed by atoms with Gasteiger partial charge in [0.2, 0.25) is 0 Å². The van der Waals surface area contributed by atoms with E-state index in [-0.39, 0.29) is 11.2 Å². The van der Waals surface area contributed by atoms with E-state index >= 15 is 0 Å². The molecule has 1 aliphatic rings. The Balaban J connectivity index is 2.36. The van der Waals surface area contributed by atoms with Crippen molar-refractivity contribution in [1.29, 1.82) is 0 Å². The van der Waals surface area contributed by atoms with E-state index < -0.39 is 0 Å². The standard InChI is InChI=1S/C16H22N4O2/c1-10-6-5-7-20(9-10)13-11(2)8-17-14-12(13)15(21)19(4)16(22)18(14)3/h8,10H,5-7,9H2,1-4H3. The topological polar surface area (TPSA) is 60.1 Å². The summed E-state index contributed by atoms with van der Waals surface area (Å²) < 4.78 is 2.62. The average molecular weight is 302 g/mol.